The number of benzene rings is 2. The number of piperidine rings is 1. The van der Waals surface area contributed by atoms with Gasteiger partial charge in [0.2, 0.25) is 0 Å². The van der Waals surface area contributed by atoms with Gasteiger partial charge in [0.15, 0.2) is 9.84 Å². The van der Waals surface area contributed by atoms with E-state index >= 15 is 0 Å². The molecule has 1 fully saturated rings. The number of sulfone groups is 1. The first kappa shape index (κ1) is 19.5. The lowest BCUT2D eigenvalue weighted by atomic mass is 10.1. The van der Waals surface area contributed by atoms with Gasteiger partial charge in [0.25, 0.3) is 5.91 Å². The summed E-state index contributed by atoms with van der Waals surface area (Å²) in [4.78, 5) is 14.6. The van der Waals surface area contributed by atoms with E-state index in [4.69, 9.17) is 0 Å². The molecular weight excluding hydrogens is 384 g/mol. The molecular formula is C23H24N2O3S. The molecule has 0 unspecified atom stereocenters. The standard InChI is InChI=1S/C23H24N2O3S/c26-23(20-8-10-21(11-9-20)24-14-4-5-15-24)25-16-12-22(13-17-25)29(27,28)18-19-6-2-1-3-7-19/h1-11,14-15,22H,12-13,16-18H2. The SMILES string of the molecule is O=C(c1ccc(-n2cccc2)cc1)N1CCC(S(=O)(=O)Cc2ccccc2)CC1. The average Bonchev–Trinajstić information content (AvgIpc) is 3.29. The Morgan fingerprint density at radius 3 is 2.10 bits per heavy atom. The molecule has 0 saturated carbocycles. The van der Waals surface area contributed by atoms with Gasteiger partial charge >= 0.3 is 0 Å². The summed E-state index contributed by atoms with van der Waals surface area (Å²) in [6.45, 7) is 0.938. The quantitative estimate of drug-likeness (QED) is 0.647. The minimum atomic E-state index is -3.22. The van der Waals surface area contributed by atoms with Gasteiger partial charge in [-0.25, -0.2) is 8.42 Å². The van der Waals surface area contributed by atoms with E-state index in [1.54, 1.807) is 4.90 Å². The highest BCUT2D eigenvalue weighted by Crippen LogP contribution is 2.23. The molecule has 4 rings (SSSR count). The summed E-state index contributed by atoms with van der Waals surface area (Å²) in [5.41, 5.74) is 2.44. The topological polar surface area (TPSA) is 59.4 Å². The highest BCUT2D eigenvalue weighted by molar-refractivity contribution is 7.91. The van der Waals surface area contributed by atoms with E-state index in [1.807, 2.05) is 83.7 Å². The lowest BCUT2D eigenvalue weighted by molar-refractivity contribution is 0.0725. The lowest BCUT2D eigenvalue weighted by Crippen LogP contribution is -2.42. The molecule has 0 radical (unpaired) electrons. The van der Waals surface area contributed by atoms with Crippen LogP contribution in [0, 0.1) is 0 Å². The third kappa shape index (κ3) is 4.43. The summed E-state index contributed by atoms with van der Waals surface area (Å²) < 4.78 is 27.5. The molecule has 5 nitrogen and oxygen atoms in total. The highest BCUT2D eigenvalue weighted by Gasteiger charge is 2.31. The lowest BCUT2D eigenvalue weighted by Gasteiger charge is -2.32. The van der Waals surface area contributed by atoms with E-state index in [1.165, 1.54) is 0 Å². The normalized spacial score (nSPS) is 15.4. The van der Waals surface area contributed by atoms with Crippen molar-refractivity contribution in [2.45, 2.75) is 23.8 Å². The molecule has 1 aliphatic rings. The van der Waals surface area contributed by atoms with Gasteiger partial charge in [-0.15, -0.1) is 0 Å². The van der Waals surface area contributed by atoms with Gasteiger partial charge in [0.05, 0.1) is 11.0 Å². The number of likely N-dealkylation sites (tertiary alicyclic amines) is 1. The first-order valence-corrected chi connectivity index (χ1v) is 11.5. The maximum Gasteiger partial charge on any atom is 0.253 e. The molecule has 1 amide bonds. The molecule has 1 aliphatic heterocycles. The van der Waals surface area contributed by atoms with E-state index in [0.29, 0.717) is 31.5 Å². The molecule has 0 aliphatic carbocycles. The summed E-state index contributed by atoms with van der Waals surface area (Å²) in [7, 11) is -3.22. The summed E-state index contributed by atoms with van der Waals surface area (Å²) in [5.74, 6) is 0.0239. The first-order valence-electron chi connectivity index (χ1n) is 9.81. The molecule has 6 heteroatoms. The fraction of sp³-hybridized carbons (Fsp3) is 0.261. The van der Waals surface area contributed by atoms with Gasteiger partial charge in [-0.1, -0.05) is 30.3 Å². The van der Waals surface area contributed by atoms with Crippen LogP contribution in [0.2, 0.25) is 0 Å². The van der Waals surface area contributed by atoms with Crippen molar-refractivity contribution in [3.8, 4) is 5.69 Å². The van der Waals surface area contributed by atoms with Gasteiger partial charge in [-0.05, 0) is 54.8 Å². The van der Waals surface area contributed by atoms with Gasteiger partial charge in [-0.2, -0.15) is 0 Å². The fourth-order valence-electron chi connectivity index (χ4n) is 3.81. The number of amides is 1. The Morgan fingerprint density at radius 2 is 1.48 bits per heavy atom. The Morgan fingerprint density at radius 1 is 0.862 bits per heavy atom. The largest absolute Gasteiger partial charge is 0.339 e. The average molecular weight is 409 g/mol. The minimum Gasteiger partial charge on any atom is -0.339 e. The molecule has 0 bridgehead atoms. The summed E-state index contributed by atoms with van der Waals surface area (Å²) in [6.07, 6.45) is 4.89. The minimum absolute atomic E-state index is 0.0389. The molecule has 0 spiro atoms. The number of hydrogen-bond donors (Lipinski definition) is 0. The number of carbonyl (C=O) groups is 1. The second-order valence-electron chi connectivity index (χ2n) is 7.42. The van der Waals surface area contributed by atoms with Crippen molar-refractivity contribution in [2.24, 2.45) is 0 Å². The Kier molecular flexibility index (Phi) is 5.53. The Bertz CT molecular complexity index is 1050. The summed E-state index contributed by atoms with van der Waals surface area (Å²) in [6, 6.07) is 20.7. The highest BCUT2D eigenvalue weighted by atomic mass is 32.2. The number of nitrogens with zero attached hydrogens (tertiary/aromatic N) is 2. The van der Waals surface area contributed by atoms with Crippen LogP contribution in [0.5, 0.6) is 0 Å². The van der Waals surface area contributed by atoms with E-state index in [2.05, 4.69) is 0 Å². The van der Waals surface area contributed by atoms with Crippen LogP contribution in [0.15, 0.2) is 79.1 Å². The molecule has 2 aromatic carbocycles. The third-order valence-corrected chi connectivity index (χ3v) is 7.69. The predicted octanol–water partition coefficient (Wildman–Crippen LogP) is 3.70. The van der Waals surface area contributed by atoms with Crippen LogP contribution in [0.3, 0.4) is 0 Å². The molecule has 1 saturated heterocycles. The van der Waals surface area contributed by atoms with Gasteiger partial charge in [0, 0.05) is 36.7 Å². The van der Waals surface area contributed by atoms with Crippen molar-refractivity contribution in [1.29, 1.82) is 0 Å². The van der Waals surface area contributed by atoms with Gasteiger partial charge in [0.1, 0.15) is 0 Å². The van der Waals surface area contributed by atoms with Crippen LogP contribution in [-0.4, -0.2) is 42.1 Å². The maximum absolute atomic E-state index is 12.8. The fourth-order valence-corrected chi connectivity index (χ4v) is 5.63. The first-order chi connectivity index (χ1) is 14.0. The predicted molar refractivity (Wildman–Crippen MR) is 114 cm³/mol. The van der Waals surface area contributed by atoms with Crippen molar-refractivity contribution in [2.75, 3.05) is 13.1 Å². The zero-order valence-electron chi connectivity index (χ0n) is 16.1. The summed E-state index contributed by atoms with van der Waals surface area (Å²) >= 11 is 0. The molecule has 1 aromatic heterocycles. The zero-order valence-corrected chi connectivity index (χ0v) is 17.0. The Labute approximate surface area is 171 Å². The third-order valence-electron chi connectivity index (χ3n) is 5.46. The van der Waals surface area contributed by atoms with E-state index in [0.717, 1.165) is 11.3 Å². The van der Waals surface area contributed by atoms with Crippen molar-refractivity contribution in [3.05, 3.63) is 90.3 Å². The number of carbonyl (C=O) groups excluding carboxylic acids is 1. The van der Waals surface area contributed by atoms with E-state index in [9.17, 15) is 13.2 Å². The van der Waals surface area contributed by atoms with Crippen LogP contribution in [0.1, 0.15) is 28.8 Å². The van der Waals surface area contributed by atoms with Crippen molar-refractivity contribution in [1.82, 2.24) is 9.47 Å². The molecule has 0 atom stereocenters. The number of hydrogen-bond acceptors (Lipinski definition) is 3. The smallest absolute Gasteiger partial charge is 0.253 e. The number of aromatic nitrogens is 1. The second kappa shape index (κ2) is 8.25. The maximum atomic E-state index is 12.8. The molecule has 29 heavy (non-hydrogen) atoms. The van der Waals surface area contributed by atoms with Crippen molar-refractivity contribution < 1.29 is 13.2 Å². The van der Waals surface area contributed by atoms with Gasteiger partial charge < -0.3 is 9.47 Å². The van der Waals surface area contributed by atoms with Crippen LogP contribution >= 0.6 is 0 Å². The van der Waals surface area contributed by atoms with Crippen LogP contribution in [0.25, 0.3) is 5.69 Å². The van der Waals surface area contributed by atoms with Crippen LogP contribution < -0.4 is 0 Å². The Balaban J connectivity index is 1.37. The van der Waals surface area contributed by atoms with E-state index in [-0.39, 0.29) is 16.9 Å². The van der Waals surface area contributed by atoms with Crippen LogP contribution in [0.4, 0.5) is 0 Å². The van der Waals surface area contributed by atoms with Crippen molar-refractivity contribution >= 4 is 15.7 Å². The molecule has 150 valence electrons. The van der Waals surface area contributed by atoms with Crippen molar-refractivity contribution in [3.63, 3.8) is 0 Å². The van der Waals surface area contributed by atoms with Crippen LogP contribution in [-0.2, 0) is 15.6 Å². The summed E-state index contributed by atoms with van der Waals surface area (Å²) in [5, 5.41) is -0.386. The van der Waals surface area contributed by atoms with E-state index < -0.39 is 9.84 Å². The zero-order chi connectivity index (χ0) is 20.3. The number of rotatable bonds is 5. The molecule has 0 N–H and O–H groups in total. The molecule has 2 heterocycles. The second-order valence-corrected chi connectivity index (χ2v) is 9.70. The monoisotopic (exact) mass is 408 g/mol. The molecule has 3 aromatic rings. The van der Waals surface area contributed by atoms with Gasteiger partial charge in [-0.3, -0.25) is 4.79 Å². The Hall–Kier alpha value is -2.86.